The molecule has 0 atom stereocenters. The van der Waals surface area contributed by atoms with Crippen molar-refractivity contribution < 1.29 is 28.8 Å². The van der Waals surface area contributed by atoms with Gasteiger partial charge in [0.25, 0.3) is 5.56 Å². The molecule has 0 unspecified atom stereocenters. The number of para-hydroxylation sites is 2. The molecule has 2 N–H and O–H groups in total. The summed E-state index contributed by atoms with van der Waals surface area (Å²) in [6.45, 7) is 1.30. The molecule has 0 saturated carbocycles. The topological polar surface area (TPSA) is 137 Å². The smallest absolute Gasteiger partial charge is 0.545 e. The Labute approximate surface area is 211 Å². The zero-order valence-corrected chi connectivity index (χ0v) is 19.0. The van der Waals surface area contributed by atoms with Crippen LogP contribution in [0.25, 0.3) is 22.3 Å². The zero-order chi connectivity index (χ0) is 23.7. The van der Waals surface area contributed by atoms with E-state index in [9.17, 15) is 14.7 Å². The van der Waals surface area contributed by atoms with Crippen LogP contribution in [0.15, 0.2) is 77.9 Å². The van der Waals surface area contributed by atoms with Crippen molar-refractivity contribution in [2.45, 2.75) is 19.6 Å². The van der Waals surface area contributed by atoms with Crippen LogP contribution in [-0.4, -0.2) is 35.1 Å². The van der Waals surface area contributed by atoms with Crippen LogP contribution in [0.3, 0.4) is 0 Å². The van der Waals surface area contributed by atoms with Gasteiger partial charge >= 0.3 is 18.9 Å². The number of carbonyl (C=O) groups is 1. The number of rotatable bonds is 7. The van der Waals surface area contributed by atoms with Gasteiger partial charge in [-0.2, -0.15) is 10.2 Å². The molecule has 170 valence electrons. The van der Waals surface area contributed by atoms with Crippen LogP contribution in [-0.2, 0) is 19.6 Å². The Balaban J connectivity index is 0.00000289. The Morgan fingerprint density at radius 3 is 2.69 bits per heavy atom. The molecule has 11 heteroatoms. The van der Waals surface area contributed by atoms with E-state index in [-0.39, 0.29) is 36.5 Å². The van der Waals surface area contributed by atoms with Gasteiger partial charge in [-0.1, -0.05) is 30.3 Å². The fourth-order valence-electron chi connectivity index (χ4n) is 3.84. The molecule has 0 aliphatic heterocycles. The summed E-state index contributed by atoms with van der Waals surface area (Å²) in [5.41, 5.74) is 9.60. The summed E-state index contributed by atoms with van der Waals surface area (Å²) >= 11 is 0. The van der Waals surface area contributed by atoms with Crippen LogP contribution >= 0.6 is 0 Å². The van der Waals surface area contributed by atoms with E-state index in [1.165, 1.54) is 22.9 Å². The summed E-state index contributed by atoms with van der Waals surface area (Å²) < 4.78 is 5.01. The van der Waals surface area contributed by atoms with Gasteiger partial charge in [-0.05, 0) is 35.4 Å². The average Bonchev–Trinajstić information content (AvgIpc) is 3.43. The van der Waals surface area contributed by atoms with Gasteiger partial charge in [0.1, 0.15) is 0 Å². The number of benzene rings is 2. The molecule has 0 aliphatic carbocycles. The van der Waals surface area contributed by atoms with Gasteiger partial charge in [0.05, 0.1) is 42.0 Å². The Morgan fingerprint density at radius 1 is 1.03 bits per heavy atom. The second-order valence-electron chi connectivity index (χ2n) is 7.80. The van der Waals surface area contributed by atoms with Crippen LogP contribution in [0, 0.1) is 0 Å². The van der Waals surface area contributed by atoms with Crippen molar-refractivity contribution in [2.24, 2.45) is 0 Å². The standard InChI is InChI=1S/C24H21N7O3.Li/c25-24-27-20-6-1-2-7-21(20)30(24)11-10-29-15-18(13-26-29)19-8-9-22(32)31(28-19)14-16-4-3-5-17(12-16)23(33)34;/h1-9,12-13,15H,10-11,14H2,(H2,25,27)(H,33,34);/q;+1/p-1. The maximum Gasteiger partial charge on any atom is 1.00 e. The van der Waals surface area contributed by atoms with E-state index in [0.29, 0.717) is 30.3 Å². The predicted molar refractivity (Wildman–Crippen MR) is 124 cm³/mol. The van der Waals surface area contributed by atoms with Crippen LogP contribution in [0.2, 0.25) is 0 Å². The van der Waals surface area contributed by atoms with Crippen LogP contribution < -0.4 is 35.3 Å². The fraction of sp³-hybridized carbons (Fsp3) is 0.125. The SMILES string of the molecule is Nc1nc2ccccc2n1CCn1cc(-c2ccc(=O)n(Cc3cccc(C(=O)[O-])c3)n2)cn1.[Li+]. The average molecular weight is 461 g/mol. The van der Waals surface area contributed by atoms with E-state index in [1.807, 2.05) is 35.0 Å². The number of nitrogen functional groups attached to an aromatic ring is 1. The number of hydrogen-bond acceptors (Lipinski definition) is 7. The van der Waals surface area contributed by atoms with Crippen molar-refractivity contribution in [1.29, 1.82) is 0 Å². The van der Waals surface area contributed by atoms with Crippen LogP contribution in [0.5, 0.6) is 0 Å². The third kappa shape index (κ3) is 5.04. The van der Waals surface area contributed by atoms with E-state index in [1.54, 1.807) is 29.1 Å². The first-order valence-corrected chi connectivity index (χ1v) is 10.6. The van der Waals surface area contributed by atoms with Crippen molar-refractivity contribution in [2.75, 3.05) is 5.73 Å². The molecular weight excluding hydrogens is 441 g/mol. The van der Waals surface area contributed by atoms with Crippen molar-refractivity contribution in [3.05, 3.63) is 94.5 Å². The summed E-state index contributed by atoms with van der Waals surface area (Å²) in [6.07, 6.45) is 3.53. The molecule has 35 heavy (non-hydrogen) atoms. The van der Waals surface area contributed by atoms with Crippen molar-refractivity contribution in [3.63, 3.8) is 0 Å². The van der Waals surface area contributed by atoms with Crippen molar-refractivity contribution >= 4 is 23.0 Å². The van der Waals surface area contributed by atoms with E-state index >= 15 is 0 Å². The number of carbonyl (C=O) groups excluding carboxylic acids is 1. The summed E-state index contributed by atoms with van der Waals surface area (Å²) in [4.78, 5) is 27.8. The fourth-order valence-corrected chi connectivity index (χ4v) is 3.84. The maximum absolute atomic E-state index is 12.3. The number of nitrogens with two attached hydrogens (primary N) is 1. The molecule has 0 saturated heterocycles. The predicted octanol–water partition coefficient (Wildman–Crippen LogP) is -1.85. The number of nitrogens with zero attached hydrogens (tertiary/aromatic N) is 6. The van der Waals surface area contributed by atoms with E-state index in [2.05, 4.69) is 15.2 Å². The molecule has 3 aromatic heterocycles. The Morgan fingerprint density at radius 2 is 1.86 bits per heavy atom. The molecule has 0 radical (unpaired) electrons. The Hall–Kier alpha value is -4.13. The monoisotopic (exact) mass is 461 g/mol. The van der Waals surface area contributed by atoms with E-state index in [0.717, 1.165) is 16.6 Å². The number of hydrogen-bond donors (Lipinski definition) is 1. The third-order valence-electron chi connectivity index (χ3n) is 5.53. The van der Waals surface area contributed by atoms with Crippen LogP contribution in [0.4, 0.5) is 5.95 Å². The number of aromatic carboxylic acids is 1. The number of aryl methyl sites for hydroxylation is 2. The molecule has 0 aliphatic rings. The van der Waals surface area contributed by atoms with Crippen molar-refractivity contribution in [1.82, 2.24) is 29.1 Å². The second-order valence-corrected chi connectivity index (χ2v) is 7.80. The largest absolute Gasteiger partial charge is 1.00 e. The second kappa shape index (κ2) is 10.0. The summed E-state index contributed by atoms with van der Waals surface area (Å²) in [6, 6.07) is 17.1. The summed E-state index contributed by atoms with van der Waals surface area (Å²) in [5.74, 6) is -0.821. The Bertz CT molecular complexity index is 1570. The van der Waals surface area contributed by atoms with Gasteiger partial charge in [0.2, 0.25) is 5.95 Å². The van der Waals surface area contributed by atoms with Gasteiger partial charge in [0.15, 0.2) is 0 Å². The molecule has 5 rings (SSSR count). The van der Waals surface area contributed by atoms with E-state index < -0.39 is 5.97 Å². The summed E-state index contributed by atoms with van der Waals surface area (Å²) in [7, 11) is 0. The minimum absolute atomic E-state index is 0. The number of imidazole rings is 1. The maximum atomic E-state index is 12.3. The Kier molecular flexibility index (Phi) is 6.87. The molecule has 0 amide bonds. The molecule has 3 heterocycles. The third-order valence-corrected chi connectivity index (χ3v) is 5.53. The normalized spacial score (nSPS) is 10.9. The molecule has 5 aromatic rings. The van der Waals surface area contributed by atoms with E-state index in [4.69, 9.17) is 5.73 Å². The van der Waals surface area contributed by atoms with Gasteiger partial charge in [-0.15, -0.1) is 0 Å². The van der Waals surface area contributed by atoms with Crippen molar-refractivity contribution in [3.8, 4) is 11.3 Å². The quantitative estimate of drug-likeness (QED) is 0.281. The van der Waals surface area contributed by atoms with Gasteiger partial charge < -0.3 is 20.2 Å². The minimum atomic E-state index is -1.27. The molecule has 10 nitrogen and oxygen atoms in total. The molecule has 0 bridgehead atoms. The molecule has 0 fully saturated rings. The first kappa shape index (κ1) is 24.0. The molecule has 2 aromatic carbocycles. The molecule has 0 spiro atoms. The molecular formula is C24H20LiN7O3. The van der Waals surface area contributed by atoms with Gasteiger partial charge in [-0.3, -0.25) is 9.48 Å². The number of carboxylic acid groups (broad SMARTS) is 1. The number of fused-ring (bicyclic) bond motifs is 1. The van der Waals surface area contributed by atoms with Crippen LogP contribution in [0.1, 0.15) is 15.9 Å². The number of carboxylic acids is 1. The van der Waals surface area contributed by atoms with Gasteiger partial charge in [-0.25, -0.2) is 9.67 Å². The first-order chi connectivity index (χ1) is 16.5. The van der Waals surface area contributed by atoms with Gasteiger partial charge in [0, 0.05) is 24.4 Å². The first-order valence-electron chi connectivity index (χ1n) is 10.6. The number of aromatic nitrogens is 6. The zero-order valence-electron chi connectivity index (χ0n) is 19.0. The number of anilines is 1. The minimum Gasteiger partial charge on any atom is -0.545 e. The summed E-state index contributed by atoms with van der Waals surface area (Å²) in [5, 5.41) is 20.0.